The molecule has 0 spiro atoms. The third kappa shape index (κ3) is 3.34. The first kappa shape index (κ1) is 18.0. The molecule has 2 aromatic rings. The number of fused-ring (bicyclic) bond motifs is 1. The fraction of sp³-hybridized carbons (Fsp3) is 0.381. The molecule has 1 heterocycles. The smallest absolute Gasteiger partial charge is 0.261 e. The highest BCUT2D eigenvalue weighted by atomic mass is 32.2. The number of nitrogens with one attached hydrogen (secondary N) is 1. The van der Waals surface area contributed by atoms with Gasteiger partial charge in [-0.1, -0.05) is 17.7 Å². The summed E-state index contributed by atoms with van der Waals surface area (Å²) >= 11 is 0. The maximum atomic E-state index is 12.9. The molecule has 1 aliphatic heterocycles. The van der Waals surface area contributed by atoms with Crippen LogP contribution in [0.5, 0.6) is 0 Å². The van der Waals surface area contributed by atoms with Crippen LogP contribution >= 0.6 is 0 Å². The second-order valence-electron chi connectivity index (χ2n) is 7.75. The normalized spacial score (nSPS) is 19.1. The van der Waals surface area contributed by atoms with Gasteiger partial charge in [0.05, 0.1) is 10.6 Å². The van der Waals surface area contributed by atoms with Gasteiger partial charge in [-0.15, -0.1) is 0 Å². The van der Waals surface area contributed by atoms with Crippen molar-refractivity contribution in [1.82, 2.24) is 0 Å². The average Bonchev–Trinajstić information content (AvgIpc) is 3.39. The van der Waals surface area contributed by atoms with Gasteiger partial charge in [-0.3, -0.25) is 9.52 Å². The Morgan fingerprint density at radius 3 is 2.52 bits per heavy atom. The molecule has 1 saturated carbocycles. The summed E-state index contributed by atoms with van der Waals surface area (Å²) in [7, 11) is -3.68. The minimum Gasteiger partial charge on any atom is -0.309 e. The fourth-order valence-corrected chi connectivity index (χ4v) is 4.95. The maximum absolute atomic E-state index is 12.9. The van der Waals surface area contributed by atoms with Crippen LogP contribution in [0.2, 0.25) is 0 Å². The molecule has 1 atom stereocenters. The third-order valence-corrected chi connectivity index (χ3v) is 6.73. The minimum absolute atomic E-state index is 0.0679. The lowest BCUT2D eigenvalue weighted by molar-refractivity contribution is -0.120. The molecule has 0 saturated heterocycles. The lowest BCUT2D eigenvalue weighted by Crippen LogP contribution is -2.36. The van der Waals surface area contributed by atoms with E-state index in [-0.39, 0.29) is 22.8 Å². The van der Waals surface area contributed by atoms with Crippen LogP contribution in [0.3, 0.4) is 0 Å². The van der Waals surface area contributed by atoms with Gasteiger partial charge >= 0.3 is 0 Å². The van der Waals surface area contributed by atoms with E-state index in [2.05, 4.69) is 4.72 Å². The number of amides is 1. The Labute approximate surface area is 160 Å². The fourth-order valence-electron chi connectivity index (χ4n) is 3.77. The van der Waals surface area contributed by atoms with Gasteiger partial charge in [0.25, 0.3) is 10.0 Å². The van der Waals surface area contributed by atoms with Crippen LogP contribution in [0, 0.1) is 19.8 Å². The van der Waals surface area contributed by atoms with Crippen molar-refractivity contribution in [1.29, 1.82) is 0 Å². The molecule has 1 aliphatic carbocycles. The summed E-state index contributed by atoms with van der Waals surface area (Å²) in [4.78, 5) is 14.6. The predicted molar refractivity (Wildman–Crippen MR) is 107 cm³/mol. The van der Waals surface area contributed by atoms with Gasteiger partial charge in [-0.05, 0) is 75.4 Å². The number of hydrogen-bond donors (Lipinski definition) is 1. The highest BCUT2D eigenvalue weighted by Crippen LogP contribution is 2.39. The van der Waals surface area contributed by atoms with Crippen molar-refractivity contribution in [3.8, 4) is 0 Å². The Morgan fingerprint density at radius 1 is 1.11 bits per heavy atom. The standard InChI is InChI=1S/C21H24N2O3S/c1-13-4-8-19(14(2)10-13)22-27(25,26)18-7-9-20-17(12-18)11-15(3)23(20)21(24)16-5-6-16/h4,7-10,12,15-16,22H,5-6,11H2,1-3H3/t15-/m0/s1. The largest absolute Gasteiger partial charge is 0.309 e. The van der Waals surface area contributed by atoms with Crippen LogP contribution < -0.4 is 9.62 Å². The van der Waals surface area contributed by atoms with Crippen molar-refractivity contribution < 1.29 is 13.2 Å². The summed E-state index contributed by atoms with van der Waals surface area (Å²) in [6, 6.07) is 10.8. The number of sulfonamides is 1. The van der Waals surface area contributed by atoms with Gasteiger partial charge < -0.3 is 4.90 Å². The van der Waals surface area contributed by atoms with Crippen molar-refractivity contribution in [2.24, 2.45) is 5.92 Å². The molecular weight excluding hydrogens is 360 g/mol. The number of nitrogens with zero attached hydrogens (tertiary/aromatic N) is 1. The Kier molecular flexibility index (Phi) is 4.26. The molecule has 5 nitrogen and oxygen atoms in total. The summed E-state index contributed by atoms with van der Waals surface area (Å²) in [5, 5.41) is 0. The summed E-state index contributed by atoms with van der Waals surface area (Å²) in [6.45, 7) is 5.88. The van der Waals surface area contributed by atoms with E-state index in [0.29, 0.717) is 12.1 Å². The van der Waals surface area contributed by atoms with Crippen LogP contribution in [-0.2, 0) is 21.2 Å². The molecule has 2 aromatic carbocycles. The molecule has 27 heavy (non-hydrogen) atoms. The summed E-state index contributed by atoms with van der Waals surface area (Å²) in [5.74, 6) is 0.318. The van der Waals surface area contributed by atoms with E-state index < -0.39 is 10.0 Å². The lowest BCUT2D eigenvalue weighted by Gasteiger charge is -2.22. The second kappa shape index (κ2) is 6.37. The zero-order valence-corrected chi connectivity index (χ0v) is 16.6. The number of hydrogen-bond acceptors (Lipinski definition) is 3. The summed E-state index contributed by atoms with van der Waals surface area (Å²) in [6.07, 6.45) is 2.61. The number of aryl methyl sites for hydroxylation is 2. The van der Waals surface area contributed by atoms with E-state index in [0.717, 1.165) is 35.2 Å². The van der Waals surface area contributed by atoms with Crippen molar-refractivity contribution in [3.05, 3.63) is 53.1 Å². The minimum atomic E-state index is -3.68. The topological polar surface area (TPSA) is 66.5 Å². The molecule has 4 rings (SSSR count). The molecular formula is C21H24N2O3S. The van der Waals surface area contributed by atoms with Gasteiger partial charge in [0.2, 0.25) is 5.91 Å². The Hall–Kier alpha value is -2.34. The molecule has 1 fully saturated rings. The quantitative estimate of drug-likeness (QED) is 0.872. The summed E-state index contributed by atoms with van der Waals surface area (Å²) in [5.41, 5.74) is 4.32. The number of carbonyl (C=O) groups is 1. The molecule has 2 aliphatic rings. The van der Waals surface area contributed by atoms with Crippen molar-refractivity contribution in [2.75, 3.05) is 9.62 Å². The van der Waals surface area contributed by atoms with Crippen LogP contribution in [0.25, 0.3) is 0 Å². The molecule has 6 heteroatoms. The molecule has 1 amide bonds. The highest BCUT2D eigenvalue weighted by Gasteiger charge is 2.39. The first-order valence-electron chi connectivity index (χ1n) is 9.32. The second-order valence-corrected chi connectivity index (χ2v) is 9.43. The zero-order chi connectivity index (χ0) is 19.3. The molecule has 0 unspecified atom stereocenters. The molecule has 0 radical (unpaired) electrons. The Morgan fingerprint density at radius 2 is 1.85 bits per heavy atom. The Bertz CT molecular complexity index is 1030. The molecule has 0 bridgehead atoms. The Balaban J connectivity index is 1.63. The van der Waals surface area contributed by atoms with E-state index in [4.69, 9.17) is 0 Å². The van der Waals surface area contributed by atoms with Crippen molar-refractivity contribution >= 4 is 27.3 Å². The first-order chi connectivity index (χ1) is 12.8. The van der Waals surface area contributed by atoms with E-state index in [1.54, 1.807) is 24.3 Å². The first-order valence-corrected chi connectivity index (χ1v) is 10.8. The number of rotatable bonds is 4. The van der Waals surface area contributed by atoms with E-state index >= 15 is 0 Å². The number of benzene rings is 2. The van der Waals surface area contributed by atoms with Gasteiger partial charge in [0, 0.05) is 17.6 Å². The molecule has 0 aromatic heterocycles. The van der Waals surface area contributed by atoms with Crippen LogP contribution in [0.1, 0.15) is 36.5 Å². The number of carbonyl (C=O) groups excluding carboxylic acids is 1. The SMILES string of the molecule is Cc1ccc(NS(=O)(=O)c2ccc3c(c2)C[C@H](C)N3C(=O)C2CC2)c(C)c1. The highest BCUT2D eigenvalue weighted by molar-refractivity contribution is 7.92. The van der Waals surface area contributed by atoms with E-state index in [1.165, 1.54) is 0 Å². The number of anilines is 2. The zero-order valence-electron chi connectivity index (χ0n) is 15.8. The van der Waals surface area contributed by atoms with Gasteiger partial charge in [-0.25, -0.2) is 8.42 Å². The van der Waals surface area contributed by atoms with E-state index in [9.17, 15) is 13.2 Å². The molecule has 142 valence electrons. The maximum Gasteiger partial charge on any atom is 0.261 e. The van der Waals surface area contributed by atoms with Crippen LogP contribution in [0.4, 0.5) is 11.4 Å². The monoisotopic (exact) mass is 384 g/mol. The summed E-state index contributed by atoms with van der Waals surface area (Å²) < 4.78 is 28.4. The van der Waals surface area contributed by atoms with Gasteiger partial charge in [-0.2, -0.15) is 0 Å². The average molecular weight is 385 g/mol. The third-order valence-electron chi connectivity index (χ3n) is 5.37. The predicted octanol–water partition coefficient (Wildman–Crippen LogP) is 3.79. The van der Waals surface area contributed by atoms with Crippen LogP contribution in [0.15, 0.2) is 41.3 Å². The van der Waals surface area contributed by atoms with Gasteiger partial charge in [0.1, 0.15) is 0 Å². The van der Waals surface area contributed by atoms with Crippen LogP contribution in [-0.4, -0.2) is 20.4 Å². The lowest BCUT2D eigenvalue weighted by atomic mass is 10.1. The van der Waals surface area contributed by atoms with Crippen molar-refractivity contribution in [2.45, 2.75) is 51.0 Å². The van der Waals surface area contributed by atoms with Crippen molar-refractivity contribution in [3.63, 3.8) is 0 Å². The van der Waals surface area contributed by atoms with Gasteiger partial charge in [0.15, 0.2) is 0 Å². The molecule has 1 N–H and O–H groups in total. The van der Waals surface area contributed by atoms with E-state index in [1.807, 2.05) is 37.8 Å².